The van der Waals surface area contributed by atoms with Crippen molar-refractivity contribution < 1.29 is 19.4 Å². The minimum Gasteiger partial charge on any atom is -0.496 e. The maximum atomic E-state index is 12.8. The molecule has 0 amide bonds. The first-order valence-electron chi connectivity index (χ1n) is 9.04. The predicted molar refractivity (Wildman–Crippen MR) is 94.4 cm³/mol. The molecule has 1 heterocycles. The van der Waals surface area contributed by atoms with E-state index in [0.29, 0.717) is 29.6 Å². The van der Waals surface area contributed by atoms with E-state index < -0.39 is 0 Å². The highest BCUT2D eigenvalue weighted by Gasteiger charge is 2.25. The van der Waals surface area contributed by atoms with Crippen LogP contribution in [0.2, 0.25) is 0 Å². The van der Waals surface area contributed by atoms with Gasteiger partial charge in [-0.2, -0.15) is 0 Å². The molecule has 1 aliphatic rings. The van der Waals surface area contributed by atoms with E-state index in [0.717, 1.165) is 31.2 Å². The Labute approximate surface area is 145 Å². The summed E-state index contributed by atoms with van der Waals surface area (Å²) in [5.41, 5.74) is 1.53. The average Bonchev–Trinajstić information content (AvgIpc) is 2.57. The number of hydrogen-bond acceptors (Lipinski definition) is 4. The maximum absolute atomic E-state index is 12.8. The third kappa shape index (κ3) is 4.73. The zero-order valence-electron chi connectivity index (χ0n) is 15.1. The highest BCUT2D eigenvalue weighted by atomic mass is 16.5. The summed E-state index contributed by atoms with van der Waals surface area (Å²) in [5.74, 6) is 1.29. The van der Waals surface area contributed by atoms with Gasteiger partial charge in [0.15, 0.2) is 0 Å². The number of ether oxygens (including phenoxy) is 2. The van der Waals surface area contributed by atoms with E-state index >= 15 is 0 Å². The summed E-state index contributed by atoms with van der Waals surface area (Å²) in [6, 6.07) is 5.71. The monoisotopic (exact) mass is 334 g/mol. The highest BCUT2D eigenvalue weighted by molar-refractivity contribution is 5.94. The number of benzene rings is 1. The van der Waals surface area contributed by atoms with Gasteiger partial charge in [0.25, 0.3) is 0 Å². The van der Waals surface area contributed by atoms with Crippen LogP contribution in [-0.4, -0.2) is 30.9 Å². The van der Waals surface area contributed by atoms with E-state index in [-0.39, 0.29) is 18.7 Å². The first kappa shape index (κ1) is 18.8. The van der Waals surface area contributed by atoms with E-state index in [9.17, 15) is 9.90 Å². The van der Waals surface area contributed by atoms with Crippen molar-refractivity contribution in [1.29, 1.82) is 0 Å². The van der Waals surface area contributed by atoms with Gasteiger partial charge in [0.1, 0.15) is 17.4 Å². The summed E-state index contributed by atoms with van der Waals surface area (Å²) in [7, 11) is 1.58. The van der Waals surface area contributed by atoms with Crippen molar-refractivity contribution in [3.8, 4) is 5.75 Å². The third-order valence-electron chi connectivity index (χ3n) is 5.22. The molecule has 1 N–H and O–H groups in total. The number of carbonyl (C=O) groups excluding carboxylic acids is 1. The van der Waals surface area contributed by atoms with E-state index in [1.54, 1.807) is 13.2 Å². The lowest BCUT2D eigenvalue weighted by Crippen LogP contribution is -2.25. The molecule has 4 heteroatoms. The molecule has 2 rings (SSSR count). The second-order valence-electron chi connectivity index (χ2n) is 6.97. The molecular formula is C20H30O4. The van der Waals surface area contributed by atoms with Crippen LogP contribution in [0.1, 0.15) is 61.9 Å². The average molecular weight is 334 g/mol. The van der Waals surface area contributed by atoms with Crippen LogP contribution in [-0.2, 0) is 11.2 Å². The van der Waals surface area contributed by atoms with Crippen molar-refractivity contribution in [3.05, 3.63) is 29.3 Å². The lowest BCUT2D eigenvalue weighted by atomic mass is 9.85. The number of cyclic esters (lactones) is 1. The van der Waals surface area contributed by atoms with Gasteiger partial charge in [0.2, 0.25) is 0 Å². The Morgan fingerprint density at radius 2 is 2.04 bits per heavy atom. The zero-order valence-corrected chi connectivity index (χ0v) is 15.1. The summed E-state index contributed by atoms with van der Waals surface area (Å²) in [6.07, 6.45) is 5.27. The molecule has 0 bridgehead atoms. The molecule has 0 spiro atoms. The number of rotatable bonds is 3. The molecule has 0 saturated heterocycles. The van der Waals surface area contributed by atoms with Gasteiger partial charge in [0.05, 0.1) is 7.11 Å². The molecular weight excluding hydrogens is 304 g/mol. The molecule has 134 valence electrons. The lowest BCUT2D eigenvalue weighted by molar-refractivity contribution is 0.0152. The fourth-order valence-corrected chi connectivity index (χ4v) is 3.48. The van der Waals surface area contributed by atoms with Crippen molar-refractivity contribution in [2.75, 3.05) is 13.7 Å². The molecule has 0 fully saturated rings. The number of aryl methyl sites for hydroxylation is 1. The molecule has 0 radical (unpaired) electrons. The van der Waals surface area contributed by atoms with Crippen LogP contribution in [0.5, 0.6) is 5.75 Å². The normalized spacial score (nSPS) is 25.8. The fourth-order valence-electron chi connectivity index (χ4n) is 3.48. The van der Waals surface area contributed by atoms with Gasteiger partial charge in [-0.1, -0.05) is 38.8 Å². The fraction of sp³-hybridized carbons (Fsp3) is 0.650. The summed E-state index contributed by atoms with van der Waals surface area (Å²) in [6.45, 7) is 4.51. The molecule has 1 aliphatic heterocycles. The van der Waals surface area contributed by atoms with Gasteiger partial charge in [-0.05, 0) is 42.7 Å². The topological polar surface area (TPSA) is 55.8 Å². The van der Waals surface area contributed by atoms with Crippen molar-refractivity contribution in [1.82, 2.24) is 0 Å². The van der Waals surface area contributed by atoms with Crippen LogP contribution in [0.25, 0.3) is 0 Å². The molecule has 0 aliphatic carbocycles. The minimum atomic E-state index is -0.332. The number of aliphatic hydroxyl groups is 1. The SMILES string of the molecule is COc1cccc2c1C(=O)OC(CCO)C[C@@H](C)[C@@H](C)CCCC2. The molecule has 0 saturated carbocycles. The predicted octanol–water partition coefficient (Wildman–Crippen LogP) is 3.99. The van der Waals surface area contributed by atoms with E-state index in [1.807, 2.05) is 12.1 Å². The Hall–Kier alpha value is -1.55. The largest absolute Gasteiger partial charge is 0.496 e. The van der Waals surface area contributed by atoms with Crippen LogP contribution < -0.4 is 4.74 Å². The molecule has 1 aromatic rings. The molecule has 1 unspecified atom stereocenters. The Bertz CT molecular complexity index is 540. The van der Waals surface area contributed by atoms with Crippen LogP contribution in [0.4, 0.5) is 0 Å². The van der Waals surface area contributed by atoms with Gasteiger partial charge < -0.3 is 14.6 Å². The summed E-state index contributed by atoms with van der Waals surface area (Å²) in [5, 5.41) is 9.33. The number of methoxy groups -OCH3 is 1. The number of hydrogen-bond donors (Lipinski definition) is 1. The van der Waals surface area contributed by atoms with Gasteiger partial charge >= 0.3 is 5.97 Å². The second-order valence-corrected chi connectivity index (χ2v) is 6.97. The Morgan fingerprint density at radius 3 is 2.75 bits per heavy atom. The lowest BCUT2D eigenvalue weighted by Gasteiger charge is -2.26. The van der Waals surface area contributed by atoms with E-state index in [2.05, 4.69) is 13.8 Å². The molecule has 1 aromatic carbocycles. The van der Waals surface area contributed by atoms with Crippen molar-refractivity contribution >= 4 is 5.97 Å². The first-order chi connectivity index (χ1) is 11.6. The first-order valence-corrected chi connectivity index (χ1v) is 9.04. The molecule has 3 atom stereocenters. The summed E-state index contributed by atoms with van der Waals surface area (Å²) in [4.78, 5) is 12.8. The van der Waals surface area contributed by atoms with E-state index in [4.69, 9.17) is 9.47 Å². The highest BCUT2D eigenvalue weighted by Crippen LogP contribution is 2.30. The summed E-state index contributed by atoms with van der Waals surface area (Å²) >= 11 is 0. The zero-order chi connectivity index (χ0) is 17.5. The second kappa shape index (κ2) is 9.07. The maximum Gasteiger partial charge on any atom is 0.342 e. The van der Waals surface area contributed by atoms with Crippen molar-refractivity contribution in [2.45, 2.75) is 58.5 Å². The van der Waals surface area contributed by atoms with Crippen molar-refractivity contribution in [3.63, 3.8) is 0 Å². The van der Waals surface area contributed by atoms with Gasteiger partial charge in [-0.3, -0.25) is 0 Å². The van der Waals surface area contributed by atoms with Gasteiger partial charge in [-0.25, -0.2) is 4.79 Å². The van der Waals surface area contributed by atoms with Crippen LogP contribution >= 0.6 is 0 Å². The van der Waals surface area contributed by atoms with Crippen LogP contribution in [0, 0.1) is 11.8 Å². The van der Waals surface area contributed by atoms with Gasteiger partial charge in [-0.15, -0.1) is 0 Å². The standard InChI is InChI=1S/C20H30O4/c1-14-7-4-5-8-16-9-6-10-18(23-3)19(16)20(22)24-17(11-12-21)13-15(14)2/h6,9-10,14-15,17,21H,4-5,7-8,11-13H2,1-3H3/t14-,15+,17?/m0/s1. The Balaban J connectivity index is 2.32. The minimum absolute atomic E-state index is 0.0256. The number of carbonyl (C=O) groups is 1. The summed E-state index contributed by atoms with van der Waals surface area (Å²) < 4.78 is 11.2. The molecule has 24 heavy (non-hydrogen) atoms. The van der Waals surface area contributed by atoms with Crippen LogP contribution in [0.3, 0.4) is 0 Å². The molecule has 4 nitrogen and oxygen atoms in total. The molecule has 0 aromatic heterocycles. The smallest absolute Gasteiger partial charge is 0.342 e. The van der Waals surface area contributed by atoms with Crippen molar-refractivity contribution in [2.24, 2.45) is 11.8 Å². The Kier molecular flexibility index (Phi) is 7.10. The van der Waals surface area contributed by atoms with E-state index in [1.165, 1.54) is 6.42 Å². The number of esters is 1. The number of fused-ring (bicyclic) bond motifs is 1. The third-order valence-corrected chi connectivity index (χ3v) is 5.22. The van der Waals surface area contributed by atoms with Gasteiger partial charge in [0, 0.05) is 13.0 Å². The quantitative estimate of drug-likeness (QED) is 0.849. The Morgan fingerprint density at radius 1 is 1.25 bits per heavy atom. The number of aliphatic hydroxyl groups excluding tert-OH is 1. The van der Waals surface area contributed by atoms with Crippen LogP contribution in [0.15, 0.2) is 18.2 Å².